The van der Waals surface area contributed by atoms with Crippen LogP contribution >= 0.6 is 30.1 Å². The highest BCUT2D eigenvalue weighted by Crippen LogP contribution is 2.57. The predicted octanol–water partition coefficient (Wildman–Crippen LogP) is 5.86. The number of rotatable bonds is 5. The summed E-state index contributed by atoms with van der Waals surface area (Å²) in [4.78, 5) is 15.1. The number of benzene rings is 2. The molecule has 0 saturated heterocycles. The number of halogens is 3. The van der Waals surface area contributed by atoms with Crippen LogP contribution in [0.1, 0.15) is 30.0 Å². The molecule has 8 heteroatoms. The molecule has 0 amide bonds. The maximum Gasteiger partial charge on any atom is 0.278 e. The first kappa shape index (κ1) is 19.8. The van der Waals surface area contributed by atoms with Gasteiger partial charge in [0.15, 0.2) is 0 Å². The molecule has 4 nitrogen and oxygen atoms in total. The van der Waals surface area contributed by atoms with Crippen LogP contribution < -0.4 is 0 Å². The average molecular weight is 498 g/mol. The Hall–Kier alpha value is -1.99. The van der Waals surface area contributed by atoms with E-state index >= 15 is 0 Å². The highest BCUT2D eigenvalue weighted by molar-refractivity contribution is 14.2. The smallest absolute Gasteiger partial charge is 0.278 e. The van der Waals surface area contributed by atoms with Crippen LogP contribution in [0.15, 0.2) is 47.5 Å². The van der Waals surface area contributed by atoms with Crippen LogP contribution in [-0.4, -0.2) is 11.1 Å². The van der Waals surface area contributed by atoms with Gasteiger partial charge in [-0.1, -0.05) is 18.1 Å². The first-order valence-electron chi connectivity index (χ1n) is 7.98. The molecule has 0 aromatic heterocycles. The zero-order valence-electron chi connectivity index (χ0n) is 13.9. The van der Waals surface area contributed by atoms with Gasteiger partial charge in [0.1, 0.15) is 11.6 Å². The molecule has 0 bridgehead atoms. The standard InChI is InChI=1S/C19H13F2IN2O2S/c20-14-5-6-16(21)15(11-14)18(19(7-8-19)9-10-27-22)23-12-13-3-1-2-4-17(13)24(25)26/h1-6,11-12,18H,7-8H2. The molecule has 1 atom stereocenters. The summed E-state index contributed by atoms with van der Waals surface area (Å²) in [5, 5.41) is 14.1. The molecule has 0 aliphatic heterocycles. The SMILES string of the molecule is O=[N+]([O-])c1ccccc1C=NC(c1cc(F)ccc1F)C1(C#CSI)CC1. The van der Waals surface area contributed by atoms with Gasteiger partial charge >= 0.3 is 0 Å². The minimum absolute atomic E-state index is 0.0986. The molecule has 2 aromatic rings. The average Bonchev–Trinajstić information content (AvgIpc) is 3.44. The van der Waals surface area contributed by atoms with E-state index in [1.165, 1.54) is 21.2 Å². The lowest BCUT2D eigenvalue weighted by Crippen LogP contribution is -2.13. The Kier molecular flexibility index (Phi) is 6.11. The number of aliphatic imine (C=N–C) groups is 1. The normalized spacial score (nSPS) is 15.8. The molecule has 0 radical (unpaired) electrons. The molecule has 3 rings (SSSR count). The van der Waals surface area contributed by atoms with E-state index in [4.69, 9.17) is 0 Å². The second-order valence-electron chi connectivity index (χ2n) is 6.12. The Morgan fingerprint density at radius 3 is 2.70 bits per heavy atom. The minimum atomic E-state index is -0.746. The van der Waals surface area contributed by atoms with Gasteiger partial charge in [-0.15, -0.1) is 0 Å². The van der Waals surface area contributed by atoms with Gasteiger partial charge in [-0.05, 0) is 51.3 Å². The Balaban J connectivity index is 2.07. The lowest BCUT2D eigenvalue weighted by Gasteiger charge is -2.20. The third kappa shape index (κ3) is 4.47. The minimum Gasteiger partial charge on any atom is -0.282 e. The van der Waals surface area contributed by atoms with Crippen molar-refractivity contribution in [3.63, 3.8) is 0 Å². The van der Waals surface area contributed by atoms with Gasteiger partial charge in [0.2, 0.25) is 0 Å². The van der Waals surface area contributed by atoms with Crippen LogP contribution in [0, 0.1) is 38.3 Å². The molecule has 27 heavy (non-hydrogen) atoms. The topological polar surface area (TPSA) is 55.5 Å². The summed E-state index contributed by atoms with van der Waals surface area (Å²) in [6, 6.07) is 8.64. The first-order valence-corrected chi connectivity index (χ1v) is 11.3. The number of nitro benzene ring substituents is 1. The zero-order valence-corrected chi connectivity index (χ0v) is 16.8. The van der Waals surface area contributed by atoms with E-state index in [1.807, 2.05) is 21.2 Å². The van der Waals surface area contributed by atoms with E-state index in [2.05, 4.69) is 16.2 Å². The molecule has 1 fully saturated rings. The predicted molar refractivity (Wildman–Crippen MR) is 111 cm³/mol. The Bertz CT molecular complexity index is 968. The Labute approximate surface area is 171 Å². The van der Waals surface area contributed by atoms with E-state index in [0.29, 0.717) is 18.4 Å². The number of hydrogen-bond acceptors (Lipinski definition) is 4. The monoisotopic (exact) mass is 498 g/mol. The number of para-hydroxylation sites is 1. The van der Waals surface area contributed by atoms with Crippen molar-refractivity contribution in [2.45, 2.75) is 18.9 Å². The van der Waals surface area contributed by atoms with Crippen LogP contribution in [0.3, 0.4) is 0 Å². The van der Waals surface area contributed by atoms with Crippen molar-refractivity contribution in [3.05, 3.63) is 75.3 Å². The van der Waals surface area contributed by atoms with Crippen molar-refractivity contribution in [2.75, 3.05) is 0 Å². The fourth-order valence-corrected chi connectivity index (χ4v) is 3.46. The molecule has 0 spiro atoms. The third-order valence-electron chi connectivity index (χ3n) is 4.40. The molecule has 138 valence electrons. The first-order chi connectivity index (χ1) is 13.0. The highest BCUT2D eigenvalue weighted by Gasteiger charge is 2.50. The molecule has 1 aliphatic carbocycles. The molecule has 1 saturated carbocycles. The van der Waals surface area contributed by atoms with E-state index in [9.17, 15) is 18.9 Å². The van der Waals surface area contributed by atoms with Gasteiger partial charge in [0, 0.05) is 39.0 Å². The van der Waals surface area contributed by atoms with Gasteiger partial charge < -0.3 is 0 Å². The van der Waals surface area contributed by atoms with Crippen LogP contribution in [0.4, 0.5) is 14.5 Å². The maximum absolute atomic E-state index is 14.4. The summed E-state index contributed by atoms with van der Waals surface area (Å²) in [5.41, 5.74) is -0.280. The molecule has 1 aliphatic rings. The fraction of sp³-hybridized carbons (Fsp3) is 0.211. The van der Waals surface area contributed by atoms with Crippen LogP contribution in [-0.2, 0) is 0 Å². The summed E-state index contributed by atoms with van der Waals surface area (Å²) in [5.74, 6) is 1.97. The van der Waals surface area contributed by atoms with Crippen molar-refractivity contribution in [1.29, 1.82) is 0 Å². The molecule has 2 aromatic carbocycles. The molecular weight excluding hydrogens is 485 g/mol. The molecular formula is C19H13F2IN2O2S. The van der Waals surface area contributed by atoms with Gasteiger partial charge in [0.25, 0.3) is 5.69 Å². The van der Waals surface area contributed by atoms with Crippen molar-refractivity contribution in [1.82, 2.24) is 0 Å². The largest absolute Gasteiger partial charge is 0.282 e. The second kappa shape index (κ2) is 8.35. The van der Waals surface area contributed by atoms with Crippen molar-refractivity contribution in [3.8, 4) is 11.2 Å². The number of nitro groups is 1. The quantitative estimate of drug-likeness (QED) is 0.171. The van der Waals surface area contributed by atoms with E-state index in [1.54, 1.807) is 18.2 Å². The number of nitrogens with zero attached hydrogens (tertiary/aromatic N) is 2. The summed E-state index contributed by atoms with van der Waals surface area (Å²) >= 11 is 2.04. The van der Waals surface area contributed by atoms with Crippen molar-refractivity contribution < 1.29 is 13.7 Å². The van der Waals surface area contributed by atoms with Gasteiger partial charge in [0.05, 0.1) is 21.9 Å². The molecule has 0 N–H and O–H groups in total. The third-order valence-corrected chi connectivity index (χ3v) is 5.24. The number of hydrogen-bond donors (Lipinski definition) is 0. The van der Waals surface area contributed by atoms with Gasteiger partial charge in [-0.25, -0.2) is 8.78 Å². The Morgan fingerprint density at radius 1 is 1.30 bits per heavy atom. The summed E-state index contributed by atoms with van der Waals surface area (Å²) in [7, 11) is 1.31. The lowest BCUT2D eigenvalue weighted by molar-refractivity contribution is -0.385. The van der Waals surface area contributed by atoms with Crippen LogP contribution in [0.5, 0.6) is 0 Å². The van der Waals surface area contributed by atoms with E-state index in [0.717, 1.165) is 18.2 Å². The fourth-order valence-electron chi connectivity index (χ4n) is 2.88. The second-order valence-corrected chi connectivity index (χ2v) is 7.80. The molecule has 0 heterocycles. The van der Waals surface area contributed by atoms with Crippen molar-refractivity contribution >= 4 is 42.0 Å². The molecule has 1 unspecified atom stereocenters. The highest BCUT2D eigenvalue weighted by atomic mass is 127. The van der Waals surface area contributed by atoms with E-state index in [-0.39, 0.29) is 11.3 Å². The van der Waals surface area contributed by atoms with Gasteiger partial charge in [-0.2, -0.15) is 0 Å². The van der Waals surface area contributed by atoms with Crippen LogP contribution in [0.2, 0.25) is 0 Å². The van der Waals surface area contributed by atoms with Gasteiger partial charge in [-0.3, -0.25) is 15.1 Å². The van der Waals surface area contributed by atoms with E-state index < -0.39 is 28.0 Å². The summed E-state index contributed by atoms with van der Waals surface area (Å²) in [6.07, 6.45) is 2.75. The summed E-state index contributed by atoms with van der Waals surface area (Å²) in [6.45, 7) is 0. The Morgan fingerprint density at radius 2 is 2.04 bits per heavy atom. The summed E-state index contributed by atoms with van der Waals surface area (Å²) < 4.78 is 28.2. The zero-order chi connectivity index (χ0) is 19.4. The van der Waals surface area contributed by atoms with Crippen molar-refractivity contribution in [2.24, 2.45) is 10.4 Å². The lowest BCUT2D eigenvalue weighted by atomic mass is 9.90. The van der Waals surface area contributed by atoms with Crippen LogP contribution in [0.25, 0.3) is 0 Å². The maximum atomic E-state index is 14.4.